The van der Waals surface area contributed by atoms with E-state index in [4.69, 9.17) is 9.47 Å². The average Bonchev–Trinajstić information content (AvgIpc) is 3.19. The first-order chi connectivity index (χ1) is 16.5. The summed E-state index contributed by atoms with van der Waals surface area (Å²) in [6.07, 6.45) is -4.10. The minimum atomic E-state index is -4.45. The van der Waals surface area contributed by atoms with Crippen LogP contribution in [-0.2, 0) is 15.7 Å². The predicted molar refractivity (Wildman–Crippen MR) is 126 cm³/mol. The molecule has 0 fully saturated rings. The van der Waals surface area contributed by atoms with Gasteiger partial charge in [0.1, 0.15) is 6.61 Å². The van der Waals surface area contributed by atoms with E-state index in [1.807, 2.05) is 27.7 Å². The van der Waals surface area contributed by atoms with Gasteiger partial charge in [0, 0.05) is 24.3 Å². The fourth-order valence-corrected chi connectivity index (χ4v) is 3.27. The summed E-state index contributed by atoms with van der Waals surface area (Å²) in [4.78, 5) is 16.8. The fourth-order valence-electron chi connectivity index (χ4n) is 3.27. The molecule has 3 rings (SSSR count). The van der Waals surface area contributed by atoms with Crippen LogP contribution < -0.4 is 10.1 Å². The molecule has 1 heterocycles. The number of carbonyl (C=O) groups is 1. The van der Waals surface area contributed by atoms with Gasteiger partial charge in [-0.25, -0.2) is 4.68 Å². The van der Waals surface area contributed by atoms with E-state index in [1.54, 1.807) is 24.3 Å². The quantitative estimate of drug-likeness (QED) is 0.387. The summed E-state index contributed by atoms with van der Waals surface area (Å²) in [6, 6.07) is 11.7. The number of anilines is 1. The minimum absolute atomic E-state index is 0.0572. The zero-order chi connectivity index (χ0) is 25.6. The number of aromatic nitrogens is 3. The minimum Gasteiger partial charge on any atom is -0.460 e. The molecule has 0 spiro atoms. The van der Waals surface area contributed by atoms with Crippen LogP contribution in [0.15, 0.2) is 48.5 Å². The number of nitrogens with one attached hydrogen (secondary N) is 1. The monoisotopic (exact) mass is 490 g/mol. The molecule has 0 aliphatic carbocycles. The summed E-state index contributed by atoms with van der Waals surface area (Å²) in [5.74, 6) is 0.166. The van der Waals surface area contributed by atoms with E-state index in [2.05, 4.69) is 15.4 Å². The number of hydrogen-bond donors (Lipinski definition) is 1. The van der Waals surface area contributed by atoms with Gasteiger partial charge in [-0.1, -0.05) is 39.0 Å². The van der Waals surface area contributed by atoms with Gasteiger partial charge in [0.25, 0.3) is 0 Å². The smallest absolute Gasteiger partial charge is 0.416 e. The molecule has 0 radical (unpaired) electrons. The van der Waals surface area contributed by atoms with E-state index in [1.165, 1.54) is 16.8 Å². The first-order valence-corrected chi connectivity index (χ1v) is 11.2. The van der Waals surface area contributed by atoms with Gasteiger partial charge in [-0.3, -0.25) is 4.79 Å². The molecule has 7 nitrogen and oxygen atoms in total. The summed E-state index contributed by atoms with van der Waals surface area (Å²) in [6.45, 7) is 8.88. The third kappa shape index (κ3) is 7.54. The number of ether oxygens (including phenoxy) is 2. The van der Waals surface area contributed by atoms with Crippen LogP contribution in [0.1, 0.15) is 39.7 Å². The molecule has 0 aliphatic heterocycles. The Morgan fingerprint density at radius 1 is 1.06 bits per heavy atom. The zero-order valence-electron chi connectivity index (χ0n) is 20.1. The van der Waals surface area contributed by atoms with Crippen LogP contribution in [0.5, 0.6) is 6.01 Å². The molecule has 35 heavy (non-hydrogen) atoms. The van der Waals surface area contributed by atoms with E-state index in [0.717, 1.165) is 12.1 Å². The van der Waals surface area contributed by atoms with Gasteiger partial charge in [-0.2, -0.15) is 18.2 Å². The van der Waals surface area contributed by atoms with Crippen molar-refractivity contribution in [3.8, 4) is 23.1 Å². The number of nitrogens with zero attached hydrogens (tertiary/aromatic N) is 3. The van der Waals surface area contributed by atoms with Gasteiger partial charge in [-0.05, 0) is 42.7 Å². The number of halogens is 3. The lowest BCUT2D eigenvalue weighted by Crippen LogP contribution is -2.19. The summed E-state index contributed by atoms with van der Waals surface area (Å²) >= 11 is 0. The molecule has 1 N–H and O–H groups in total. The van der Waals surface area contributed by atoms with Crippen molar-refractivity contribution in [2.45, 2.75) is 40.3 Å². The second kappa shape index (κ2) is 10.9. The zero-order valence-corrected chi connectivity index (χ0v) is 20.1. The summed E-state index contributed by atoms with van der Waals surface area (Å²) < 4.78 is 51.4. The lowest BCUT2D eigenvalue weighted by molar-refractivity contribution is -0.137. The number of hydrogen-bond acceptors (Lipinski definition) is 5. The van der Waals surface area contributed by atoms with Crippen molar-refractivity contribution in [2.75, 3.05) is 25.1 Å². The molecule has 10 heteroatoms. The molecule has 0 aliphatic rings. The van der Waals surface area contributed by atoms with Crippen molar-refractivity contribution in [2.24, 2.45) is 5.41 Å². The van der Waals surface area contributed by atoms with Gasteiger partial charge in [-0.15, -0.1) is 5.10 Å². The van der Waals surface area contributed by atoms with Crippen molar-refractivity contribution >= 4 is 11.6 Å². The Balaban J connectivity index is 1.94. The maximum Gasteiger partial charge on any atom is 0.416 e. The third-order valence-corrected chi connectivity index (χ3v) is 4.79. The molecule has 1 aromatic heterocycles. The van der Waals surface area contributed by atoms with Crippen molar-refractivity contribution in [3.63, 3.8) is 0 Å². The summed E-state index contributed by atoms with van der Waals surface area (Å²) in [5, 5.41) is 7.27. The molecule has 188 valence electrons. The Kier molecular flexibility index (Phi) is 8.16. The number of benzene rings is 2. The standard InChI is InChI=1S/C25H29F3N4O3/c1-5-34-13-14-35-23-30-22(17-9-11-18(12-10-17)25(26,27)28)32(31-23)20-8-6-7-19(15-20)29-21(33)16-24(2,3)4/h6-12,15H,5,13-14,16H2,1-4H3,(H,29,33). The second-order valence-electron chi connectivity index (χ2n) is 9.09. The Morgan fingerprint density at radius 2 is 1.77 bits per heavy atom. The predicted octanol–water partition coefficient (Wildman–Crippen LogP) is 5.74. The van der Waals surface area contributed by atoms with Gasteiger partial charge in [0.05, 0.1) is 17.9 Å². The number of rotatable bonds is 9. The average molecular weight is 491 g/mol. The normalized spacial score (nSPS) is 12.0. The Hall–Kier alpha value is -3.40. The van der Waals surface area contributed by atoms with Crippen LogP contribution in [0.25, 0.3) is 17.1 Å². The SMILES string of the molecule is CCOCCOc1nc(-c2ccc(C(F)(F)F)cc2)n(-c2cccc(NC(=O)CC(C)(C)C)c2)n1. The lowest BCUT2D eigenvalue weighted by atomic mass is 9.92. The molecule has 0 saturated heterocycles. The van der Waals surface area contributed by atoms with Gasteiger partial charge >= 0.3 is 12.2 Å². The van der Waals surface area contributed by atoms with Crippen molar-refractivity contribution in [1.82, 2.24) is 14.8 Å². The molecular weight excluding hydrogens is 461 g/mol. The van der Waals surface area contributed by atoms with E-state index < -0.39 is 11.7 Å². The first-order valence-electron chi connectivity index (χ1n) is 11.2. The Morgan fingerprint density at radius 3 is 2.40 bits per heavy atom. The van der Waals surface area contributed by atoms with E-state index >= 15 is 0 Å². The molecule has 1 amide bonds. The van der Waals surface area contributed by atoms with Crippen LogP contribution in [0.2, 0.25) is 0 Å². The van der Waals surface area contributed by atoms with Crippen LogP contribution in [0.4, 0.5) is 18.9 Å². The molecule has 2 aromatic carbocycles. The van der Waals surface area contributed by atoms with Gasteiger partial charge < -0.3 is 14.8 Å². The second-order valence-corrected chi connectivity index (χ2v) is 9.09. The third-order valence-electron chi connectivity index (χ3n) is 4.79. The topological polar surface area (TPSA) is 78.3 Å². The molecule has 0 bridgehead atoms. The molecule has 0 saturated carbocycles. The van der Waals surface area contributed by atoms with Gasteiger partial charge in [0.2, 0.25) is 5.91 Å². The number of alkyl halides is 3. The first kappa shape index (κ1) is 26.2. The maximum atomic E-state index is 13.0. The summed E-state index contributed by atoms with van der Waals surface area (Å²) in [5.41, 5.74) is 0.610. The Bertz CT molecular complexity index is 1140. The Labute approximate surface area is 202 Å². The molecular formula is C25H29F3N4O3. The van der Waals surface area contributed by atoms with Crippen molar-refractivity contribution in [1.29, 1.82) is 0 Å². The maximum absolute atomic E-state index is 13.0. The van der Waals surface area contributed by atoms with Crippen LogP contribution in [0.3, 0.4) is 0 Å². The van der Waals surface area contributed by atoms with Crippen LogP contribution >= 0.6 is 0 Å². The van der Waals surface area contributed by atoms with E-state index in [-0.39, 0.29) is 23.9 Å². The molecule has 0 atom stereocenters. The highest BCUT2D eigenvalue weighted by atomic mass is 19.4. The molecule has 0 unspecified atom stereocenters. The van der Waals surface area contributed by atoms with Crippen molar-refractivity contribution in [3.05, 3.63) is 54.1 Å². The summed E-state index contributed by atoms with van der Waals surface area (Å²) in [7, 11) is 0. The largest absolute Gasteiger partial charge is 0.460 e. The highest BCUT2D eigenvalue weighted by Crippen LogP contribution is 2.32. The van der Waals surface area contributed by atoms with Crippen molar-refractivity contribution < 1.29 is 27.4 Å². The van der Waals surface area contributed by atoms with Gasteiger partial charge in [0.15, 0.2) is 5.82 Å². The highest BCUT2D eigenvalue weighted by Gasteiger charge is 2.30. The van der Waals surface area contributed by atoms with E-state index in [9.17, 15) is 18.0 Å². The lowest BCUT2D eigenvalue weighted by Gasteiger charge is -2.17. The highest BCUT2D eigenvalue weighted by molar-refractivity contribution is 5.91. The van der Waals surface area contributed by atoms with Crippen LogP contribution in [0, 0.1) is 5.41 Å². The molecule has 3 aromatic rings. The van der Waals surface area contributed by atoms with Crippen LogP contribution in [-0.4, -0.2) is 40.5 Å². The van der Waals surface area contributed by atoms with E-state index in [0.29, 0.717) is 42.4 Å². The number of carbonyl (C=O) groups excluding carboxylic acids is 1. The fraction of sp³-hybridized carbons (Fsp3) is 0.400. The number of amides is 1.